The first-order valence-electron chi connectivity index (χ1n) is 4.37. The number of benzene rings is 1. The van der Waals surface area contributed by atoms with E-state index in [1.807, 2.05) is 0 Å². The quantitative estimate of drug-likeness (QED) is 0.933. The van der Waals surface area contributed by atoms with Gasteiger partial charge in [0.2, 0.25) is 0 Å². The molecule has 1 heterocycles. The topological polar surface area (TPSA) is 72.2 Å². The molecule has 0 bridgehead atoms. The summed E-state index contributed by atoms with van der Waals surface area (Å²) in [5.74, 6) is -0.655. The molecule has 1 aromatic carbocycles. The van der Waals surface area contributed by atoms with Crippen molar-refractivity contribution in [1.29, 1.82) is 0 Å². The average Bonchev–Trinajstić information content (AvgIpc) is 2.73. The number of rotatable bonds is 3. The average molecular weight is 277 g/mol. The van der Waals surface area contributed by atoms with Gasteiger partial charge in [-0.05, 0) is 18.2 Å². The summed E-state index contributed by atoms with van der Waals surface area (Å²) in [6.07, 6.45) is 1.22. The molecule has 0 fully saturated rings. The highest BCUT2D eigenvalue weighted by atomic mass is 35.5. The molecule has 90 valence electrons. The molecule has 1 aromatic heterocycles. The molecule has 0 aliphatic rings. The number of nitrogens with zero attached hydrogens (tertiary/aromatic N) is 1. The zero-order chi connectivity index (χ0) is 12.5. The summed E-state index contributed by atoms with van der Waals surface area (Å²) < 4.78 is 43.1. The van der Waals surface area contributed by atoms with E-state index in [9.17, 15) is 12.8 Å². The fraction of sp³-hybridized carbons (Fsp3) is 0. The molecule has 0 radical (unpaired) electrons. The fourth-order valence-corrected chi connectivity index (χ4v) is 2.37. The van der Waals surface area contributed by atoms with Gasteiger partial charge in [0.25, 0.3) is 10.0 Å². The predicted octanol–water partition coefficient (Wildman–Crippen LogP) is 2.27. The lowest BCUT2D eigenvalue weighted by atomic mass is 10.3. The van der Waals surface area contributed by atoms with Crippen molar-refractivity contribution in [2.75, 3.05) is 4.72 Å². The van der Waals surface area contributed by atoms with Crippen LogP contribution in [0.15, 0.2) is 39.9 Å². The third kappa shape index (κ3) is 2.56. The Morgan fingerprint density at radius 1 is 1.35 bits per heavy atom. The van der Waals surface area contributed by atoms with E-state index in [1.54, 1.807) is 0 Å². The van der Waals surface area contributed by atoms with Crippen LogP contribution in [-0.2, 0) is 10.0 Å². The molecule has 0 aliphatic heterocycles. The maximum absolute atomic E-state index is 12.9. The van der Waals surface area contributed by atoms with Crippen LogP contribution in [0.25, 0.3) is 0 Å². The molecule has 2 rings (SSSR count). The molecule has 5 nitrogen and oxygen atoms in total. The molecule has 0 spiro atoms. The standard InChI is InChI=1S/C9H6ClFN2O3S/c10-7-5-6(1-2-8(7)11)17(14,15)13-9-3-4-16-12-9/h1-5H,(H,12,13). The van der Waals surface area contributed by atoms with E-state index in [2.05, 4.69) is 14.4 Å². The van der Waals surface area contributed by atoms with Crippen LogP contribution in [0.3, 0.4) is 0 Å². The fourth-order valence-electron chi connectivity index (χ4n) is 1.11. The Bertz CT molecular complexity index is 628. The maximum atomic E-state index is 12.9. The van der Waals surface area contributed by atoms with Crippen molar-refractivity contribution in [2.24, 2.45) is 0 Å². The molecule has 1 N–H and O–H groups in total. The number of halogens is 2. The molecule has 0 unspecified atom stereocenters. The molecule has 0 aliphatic carbocycles. The summed E-state index contributed by atoms with van der Waals surface area (Å²) >= 11 is 5.50. The Kier molecular flexibility index (Phi) is 3.03. The van der Waals surface area contributed by atoms with E-state index in [0.29, 0.717) is 0 Å². The largest absolute Gasteiger partial charge is 0.363 e. The highest BCUT2D eigenvalue weighted by molar-refractivity contribution is 7.92. The lowest BCUT2D eigenvalue weighted by Crippen LogP contribution is -2.13. The van der Waals surface area contributed by atoms with Crippen molar-refractivity contribution in [1.82, 2.24) is 5.16 Å². The zero-order valence-electron chi connectivity index (χ0n) is 8.22. The van der Waals surface area contributed by atoms with Crippen molar-refractivity contribution in [2.45, 2.75) is 4.90 Å². The van der Waals surface area contributed by atoms with E-state index in [4.69, 9.17) is 11.6 Å². The first-order valence-corrected chi connectivity index (χ1v) is 6.23. The minimum Gasteiger partial charge on any atom is -0.363 e. The molecule has 0 saturated carbocycles. The van der Waals surface area contributed by atoms with Crippen molar-refractivity contribution < 1.29 is 17.3 Å². The van der Waals surface area contributed by atoms with E-state index in [1.165, 1.54) is 12.3 Å². The van der Waals surface area contributed by atoms with Gasteiger partial charge in [-0.3, -0.25) is 4.72 Å². The van der Waals surface area contributed by atoms with E-state index in [0.717, 1.165) is 18.2 Å². The third-order valence-electron chi connectivity index (χ3n) is 1.88. The normalized spacial score (nSPS) is 11.4. The molecule has 0 amide bonds. The van der Waals surface area contributed by atoms with Gasteiger partial charge in [0.1, 0.15) is 12.1 Å². The number of hydrogen-bond donors (Lipinski definition) is 1. The van der Waals surface area contributed by atoms with Gasteiger partial charge < -0.3 is 4.52 Å². The molecule has 8 heteroatoms. The Hall–Kier alpha value is -1.60. The van der Waals surface area contributed by atoms with Crippen LogP contribution < -0.4 is 4.72 Å². The van der Waals surface area contributed by atoms with E-state index in [-0.39, 0.29) is 15.7 Å². The molecule has 0 saturated heterocycles. The number of hydrogen-bond acceptors (Lipinski definition) is 4. The van der Waals surface area contributed by atoms with Gasteiger partial charge in [-0.1, -0.05) is 16.8 Å². The first kappa shape index (κ1) is 11.9. The molecule has 0 atom stereocenters. The number of anilines is 1. The first-order chi connectivity index (χ1) is 7.99. The highest BCUT2D eigenvalue weighted by Gasteiger charge is 2.17. The Morgan fingerprint density at radius 2 is 2.12 bits per heavy atom. The summed E-state index contributed by atoms with van der Waals surface area (Å²) in [4.78, 5) is -0.160. The summed E-state index contributed by atoms with van der Waals surface area (Å²) in [5, 5.41) is 3.12. The van der Waals surface area contributed by atoms with Crippen LogP contribution in [0, 0.1) is 5.82 Å². The molecular formula is C9H6ClFN2O3S. The Balaban J connectivity index is 2.35. The van der Waals surface area contributed by atoms with Crippen LogP contribution in [-0.4, -0.2) is 13.6 Å². The van der Waals surface area contributed by atoms with Crippen molar-refractivity contribution >= 4 is 27.4 Å². The van der Waals surface area contributed by atoms with Crippen molar-refractivity contribution in [3.8, 4) is 0 Å². The number of aromatic nitrogens is 1. The van der Waals surface area contributed by atoms with Gasteiger partial charge in [0, 0.05) is 6.07 Å². The lowest BCUT2D eigenvalue weighted by Gasteiger charge is -2.05. The van der Waals surface area contributed by atoms with Gasteiger partial charge in [0.15, 0.2) is 5.82 Å². The number of sulfonamides is 1. The highest BCUT2D eigenvalue weighted by Crippen LogP contribution is 2.21. The number of nitrogens with one attached hydrogen (secondary N) is 1. The van der Waals surface area contributed by atoms with Gasteiger partial charge in [-0.25, -0.2) is 12.8 Å². The third-order valence-corrected chi connectivity index (χ3v) is 3.52. The van der Waals surface area contributed by atoms with Gasteiger partial charge in [-0.15, -0.1) is 0 Å². The molecular weight excluding hydrogens is 271 g/mol. The van der Waals surface area contributed by atoms with Gasteiger partial charge >= 0.3 is 0 Å². The van der Waals surface area contributed by atoms with E-state index >= 15 is 0 Å². The SMILES string of the molecule is O=S(=O)(Nc1ccon1)c1ccc(F)c(Cl)c1. The summed E-state index contributed by atoms with van der Waals surface area (Å²) in [6, 6.07) is 4.42. The zero-order valence-corrected chi connectivity index (χ0v) is 9.80. The second-order valence-corrected chi connectivity index (χ2v) is 5.16. The van der Waals surface area contributed by atoms with Crippen molar-refractivity contribution in [3.05, 3.63) is 41.4 Å². The van der Waals surface area contributed by atoms with Gasteiger partial charge in [-0.2, -0.15) is 0 Å². The summed E-state index contributed by atoms with van der Waals surface area (Å²) in [6.45, 7) is 0. The smallest absolute Gasteiger partial charge is 0.263 e. The van der Waals surface area contributed by atoms with Crippen molar-refractivity contribution in [3.63, 3.8) is 0 Å². The minimum absolute atomic E-state index is 0.0328. The second-order valence-electron chi connectivity index (χ2n) is 3.07. The summed E-state index contributed by atoms with van der Waals surface area (Å²) in [5.41, 5.74) is 0. The van der Waals surface area contributed by atoms with Crippen LogP contribution in [0.1, 0.15) is 0 Å². The van der Waals surface area contributed by atoms with Crippen LogP contribution in [0.2, 0.25) is 5.02 Å². The predicted molar refractivity (Wildman–Crippen MR) is 58.7 cm³/mol. The minimum atomic E-state index is -3.85. The van der Waals surface area contributed by atoms with Crippen LogP contribution >= 0.6 is 11.6 Å². The lowest BCUT2D eigenvalue weighted by molar-refractivity contribution is 0.423. The van der Waals surface area contributed by atoms with Crippen LogP contribution in [0.4, 0.5) is 10.2 Å². The molecule has 17 heavy (non-hydrogen) atoms. The van der Waals surface area contributed by atoms with Crippen LogP contribution in [0.5, 0.6) is 0 Å². The van der Waals surface area contributed by atoms with E-state index < -0.39 is 15.8 Å². The Morgan fingerprint density at radius 3 is 2.71 bits per heavy atom. The summed E-state index contributed by atoms with van der Waals surface area (Å²) in [7, 11) is -3.85. The molecule has 2 aromatic rings. The maximum Gasteiger partial charge on any atom is 0.263 e. The Labute approximate surface area is 101 Å². The van der Waals surface area contributed by atoms with Gasteiger partial charge in [0.05, 0.1) is 9.92 Å². The monoisotopic (exact) mass is 276 g/mol. The second kappa shape index (κ2) is 4.34.